The van der Waals surface area contributed by atoms with Gasteiger partial charge >= 0.3 is 0 Å². The summed E-state index contributed by atoms with van der Waals surface area (Å²) in [5.74, 6) is 2.50. The molecule has 0 spiro atoms. The van der Waals surface area contributed by atoms with Crippen LogP contribution in [0.25, 0.3) is 84.0 Å². The smallest absolute Gasteiger partial charge is 0.144 e. The Morgan fingerprint density at radius 2 is 0.975 bits per heavy atom. The maximum atomic E-state index is 5.61. The molecule has 0 amide bonds. The molecule has 0 N–H and O–H groups in total. The molecule has 0 saturated carbocycles. The summed E-state index contributed by atoms with van der Waals surface area (Å²) in [7, 11) is 0. The number of rotatable bonds is 8. The number of benzene rings is 8. The van der Waals surface area contributed by atoms with Crippen LogP contribution in [0.2, 0.25) is 0 Å². The summed E-state index contributed by atoms with van der Waals surface area (Å²) in [6.07, 6.45) is 1.92. The van der Waals surface area contributed by atoms with Crippen LogP contribution in [-0.2, 0) is 42.7 Å². The molecule has 8 aromatic carbocycles. The minimum Gasteiger partial charge on any atom is -0.488 e. The van der Waals surface area contributed by atoms with Gasteiger partial charge in [0.1, 0.15) is 11.6 Å². The average molecular weight is 1240 g/mol. The number of hydrogen-bond donors (Lipinski definition) is 0. The van der Waals surface area contributed by atoms with Crippen molar-refractivity contribution < 1.29 is 21.1 Å². The van der Waals surface area contributed by atoms with E-state index >= 15 is 0 Å². The first-order valence-corrected chi connectivity index (χ1v) is 27.9. The summed E-state index contributed by atoms with van der Waals surface area (Å²) in [5, 5.41) is 2.20. The first-order chi connectivity index (χ1) is 38.2. The average Bonchev–Trinajstić information content (AvgIpc) is 4.14. The Morgan fingerprint density at radius 3 is 1.58 bits per heavy atom. The Hall–Kier alpha value is -7.99. The molecule has 0 atom stereocenters. The molecule has 0 unspecified atom stereocenters. The van der Waals surface area contributed by atoms with Crippen molar-refractivity contribution >= 4 is 44.6 Å². The predicted molar refractivity (Wildman–Crippen MR) is 333 cm³/mol. The molecule has 0 radical (unpaired) electrons. The standard InChI is InChI=1S/C73H68N7.Pt/c1-70(2,3)51-39-40-74-64(45-51)80-60-34-20-19-29-56(60)57-38-37-49(43-63(57)80)67-75-68(77-69(76-67)65-58(72(7,8)9)32-24-33-59(65)73(10,11)12)50-41-52(71(4,5)6)44-53(42-50)78-46-79(62-36-22-21-35-61(62)78)66-54(47-25-15-13-16-26-47)30-23-31-55(66)48-27-17-14-18-28-48;/h13-41,44-46H,1-12H3;/q-3;. The molecule has 1 aliphatic heterocycles. The van der Waals surface area contributed by atoms with Crippen molar-refractivity contribution in [2.45, 2.75) is 105 Å². The number of para-hydroxylation sites is 4. The van der Waals surface area contributed by atoms with Crippen LogP contribution in [0.3, 0.4) is 0 Å². The molecule has 3 aromatic heterocycles. The monoisotopic (exact) mass is 1240 g/mol. The molecule has 12 rings (SSSR count). The van der Waals surface area contributed by atoms with E-state index in [9.17, 15) is 0 Å². The van der Waals surface area contributed by atoms with E-state index in [1.165, 1.54) is 16.7 Å². The van der Waals surface area contributed by atoms with E-state index in [0.29, 0.717) is 17.5 Å². The molecule has 1 aliphatic rings. The molecule has 7 nitrogen and oxygen atoms in total. The van der Waals surface area contributed by atoms with Gasteiger partial charge in [-0.2, -0.15) is 0 Å². The van der Waals surface area contributed by atoms with Crippen molar-refractivity contribution in [1.29, 1.82) is 0 Å². The van der Waals surface area contributed by atoms with Gasteiger partial charge in [-0.05, 0) is 90.7 Å². The zero-order chi connectivity index (χ0) is 55.9. The van der Waals surface area contributed by atoms with Gasteiger partial charge in [0.2, 0.25) is 0 Å². The van der Waals surface area contributed by atoms with Crippen LogP contribution < -0.4 is 9.80 Å². The maximum absolute atomic E-state index is 5.61. The van der Waals surface area contributed by atoms with Crippen molar-refractivity contribution in [2.75, 3.05) is 9.80 Å². The normalized spacial score (nSPS) is 13.0. The van der Waals surface area contributed by atoms with Crippen LogP contribution in [-0.4, -0.2) is 24.5 Å². The number of anilines is 4. The molecule has 0 fully saturated rings. The summed E-state index contributed by atoms with van der Waals surface area (Å²) >= 11 is 0. The SMILES string of the molecule is CC(C)(C)c1cc(-c2nc(-c3[c-]c4c(cc3)c3ccccc3n4-c3cc(C(C)(C)C)ccn3)nc(-c3c(C(C)(C)C)cccc3C(C)(C)C)n2)[c-]c(N2[CH-]N(c3c(-c4ccccc4)cccc3-c3ccccc3)c3ccccc32)c1.[Pt]. The summed E-state index contributed by atoms with van der Waals surface area (Å²) in [5.41, 5.74) is 16.9. The van der Waals surface area contributed by atoms with E-state index in [-0.39, 0.29) is 42.7 Å². The number of nitrogens with zero attached hydrogens (tertiary/aromatic N) is 7. The van der Waals surface area contributed by atoms with Crippen LogP contribution in [0.5, 0.6) is 0 Å². The first-order valence-electron chi connectivity index (χ1n) is 27.9. The van der Waals surface area contributed by atoms with E-state index in [1.807, 2.05) is 6.20 Å². The molecular formula is C73H68N7Pt-3. The molecule has 4 heterocycles. The van der Waals surface area contributed by atoms with Crippen molar-refractivity contribution in [3.63, 3.8) is 0 Å². The number of fused-ring (bicyclic) bond motifs is 4. The molecule has 408 valence electrons. The third-order valence-corrected chi connectivity index (χ3v) is 15.5. The number of pyridine rings is 1. The van der Waals surface area contributed by atoms with Crippen LogP contribution >= 0.6 is 0 Å². The Bertz CT molecular complexity index is 4060. The molecule has 11 aromatic rings. The minimum atomic E-state index is -0.264. The topological polar surface area (TPSA) is 63.0 Å². The van der Waals surface area contributed by atoms with Crippen molar-refractivity contribution in [1.82, 2.24) is 24.5 Å². The van der Waals surface area contributed by atoms with Gasteiger partial charge in [0.05, 0.1) is 11.6 Å². The third-order valence-electron chi connectivity index (χ3n) is 15.5. The summed E-state index contributed by atoms with van der Waals surface area (Å²) in [6, 6.07) is 72.8. The fraction of sp³-hybridized carbons (Fsp3) is 0.219. The first kappa shape index (κ1) is 54.9. The second-order valence-corrected chi connectivity index (χ2v) is 25.4. The van der Waals surface area contributed by atoms with E-state index < -0.39 is 0 Å². The van der Waals surface area contributed by atoms with E-state index in [4.69, 9.17) is 19.9 Å². The second kappa shape index (κ2) is 20.8. The predicted octanol–water partition coefficient (Wildman–Crippen LogP) is 18.9. The number of hydrogen-bond acceptors (Lipinski definition) is 6. The second-order valence-electron chi connectivity index (χ2n) is 25.4. The zero-order valence-electron chi connectivity index (χ0n) is 48.4. The molecule has 0 bridgehead atoms. The molecule has 0 aliphatic carbocycles. The Balaban J connectivity index is 0.00000690. The zero-order valence-corrected chi connectivity index (χ0v) is 50.7. The number of aromatic nitrogens is 5. The molecule has 8 heteroatoms. The van der Waals surface area contributed by atoms with Gasteiger partial charge in [0, 0.05) is 66.5 Å². The Labute approximate surface area is 493 Å². The van der Waals surface area contributed by atoms with Crippen LogP contribution in [0.15, 0.2) is 188 Å². The fourth-order valence-corrected chi connectivity index (χ4v) is 11.3. The molecular weight excluding hydrogens is 1170 g/mol. The summed E-state index contributed by atoms with van der Waals surface area (Å²) in [4.78, 5) is 26.3. The van der Waals surface area contributed by atoms with Gasteiger partial charge in [-0.25, -0.2) is 4.98 Å². The van der Waals surface area contributed by atoms with Crippen LogP contribution in [0.4, 0.5) is 22.7 Å². The minimum absolute atomic E-state index is 0. The Morgan fingerprint density at radius 1 is 0.432 bits per heavy atom. The van der Waals surface area contributed by atoms with Gasteiger partial charge in [-0.1, -0.05) is 222 Å². The van der Waals surface area contributed by atoms with Crippen LogP contribution in [0.1, 0.15) is 105 Å². The quantitative estimate of drug-likeness (QED) is 0.141. The fourth-order valence-electron chi connectivity index (χ4n) is 11.3. The largest absolute Gasteiger partial charge is 0.488 e. The van der Waals surface area contributed by atoms with E-state index in [2.05, 4.69) is 298 Å². The van der Waals surface area contributed by atoms with Crippen molar-refractivity contribution in [2.24, 2.45) is 0 Å². The van der Waals surface area contributed by atoms with Gasteiger partial charge in [0.25, 0.3) is 0 Å². The molecule has 0 saturated heterocycles. The van der Waals surface area contributed by atoms with Crippen LogP contribution in [0, 0.1) is 18.8 Å². The van der Waals surface area contributed by atoms with Gasteiger partial charge < -0.3 is 19.4 Å². The summed E-state index contributed by atoms with van der Waals surface area (Å²) in [6.45, 7) is 29.4. The maximum Gasteiger partial charge on any atom is 0.144 e. The van der Waals surface area contributed by atoms with E-state index in [1.54, 1.807) is 0 Å². The summed E-state index contributed by atoms with van der Waals surface area (Å²) < 4.78 is 2.24. The third kappa shape index (κ3) is 10.3. The van der Waals surface area contributed by atoms with Gasteiger partial charge in [-0.3, -0.25) is 9.97 Å². The van der Waals surface area contributed by atoms with Crippen molar-refractivity contribution in [3.05, 3.63) is 229 Å². The van der Waals surface area contributed by atoms with Gasteiger partial charge in [0.15, 0.2) is 0 Å². The molecule has 81 heavy (non-hydrogen) atoms. The van der Waals surface area contributed by atoms with Crippen molar-refractivity contribution in [3.8, 4) is 62.2 Å². The van der Waals surface area contributed by atoms with E-state index in [0.717, 1.165) is 94.9 Å². The Kier molecular flexibility index (Phi) is 14.1. The van der Waals surface area contributed by atoms with Gasteiger partial charge in [-0.15, -0.1) is 59.8 Å².